The molecule has 0 unspecified atom stereocenters. The van der Waals surface area contributed by atoms with Gasteiger partial charge < -0.3 is 10.1 Å². The molecule has 0 aliphatic heterocycles. The number of anilines is 1. The van der Waals surface area contributed by atoms with E-state index in [0.717, 1.165) is 15.8 Å². The Morgan fingerprint density at radius 2 is 1.74 bits per heavy atom. The van der Waals surface area contributed by atoms with Gasteiger partial charge in [0.25, 0.3) is 5.91 Å². The SMILES string of the molecule is Cc1sc2ncnc(Oc3ccc(NC(=O)c4ccccc4)cc3)c2c1C. The van der Waals surface area contributed by atoms with Gasteiger partial charge >= 0.3 is 0 Å². The molecule has 0 fully saturated rings. The van der Waals surface area contributed by atoms with E-state index in [2.05, 4.69) is 22.2 Å². The molecule has 2 aromatic carbocycles. The van der Waals surface area contributed by atoms with Gasteiger partial charge in [-0.1, -0.05) is 18.2 Å². The zero-order valence-electron chi connectivity index (χ0n) is 14.9. The molecule has 0 saturated heterocycles. The van der Waals surface area contributed by atoms with Crippen LogP contribution < -0.4 is 10.1 Å². The van der Waals surface area contributed by atoms with Crippen molar-refractivity contribution in [2.24, 2.45) is 0 Å². The fourth-order valence-electron chi connectivity index (χ4n) is 2.74. The molecular weight excluding hydrogens is 358 g/mol. The number of ether oxygens (including phenoxy) is 1. The minimum atomic E-state index is -0.147. The van der Waals surface area contributed by atoms with E-state index in [1.54, 1.807) is 35.6 Å². The van der Waals surface area contributed by atoms with E-state index in [9.17, 15) is 4.79 Å². The van der Waals surface area contributed by atoms with Crippen LogP contribution in [0.4, 0.5) is 5.69 Å². The molecule has 0 saturated carbocycles. The summed E-state index contributed by atoms with van der Waals surface area (Å²) in [4.78, 5) is 23.0. The van der Waals surface area contributed by atoms with Gasteiger partial charge in [0.05, 0.1) is 5.39 Å². The van der Waals surface area contributed by atoms with E-state index < -0.39 is 0 Å². The number of carbonyl (C=O) groups excluding carboxylic acids is 1. The Morgan fingerprint density at radius 3 is 2.48 bits per heavy atom. The number of hydrogen-bond acceptors (Lipinski definition) is 5. The fraction of sp³-hybridized carbons (Fsp3) is 0.0952. The second kappa shape index (κ2) is 7.17. The van der Waals surface area contributed by atoms with Crippen LogP contribution >= 0.6 is 11.3 Å². The largest absolute Gasteiger partial charge is 0.438 e. The van der Waals surface area contributed by atoms with Crippen molar-refractivity contribution in [2.75, 3.05) is 5.32 Å². The highest BCUT2D eigenvalue weighted by molar-refractivity contribution is 7.18. The first-order valence-corrected chi connectivity index (χ1v) is 9.28. The zero-order valence-corrected chi connectivity index (χ0v) is 15.7. The molecule has 0 aliphatic carbocycles. The number of amides is 1. The van der Waals surface area contributed by atoms with Crippen LogP contribution in [0.15, 0.2) is 60.9 Å². The smallest absolute Gasteiger partial charge is 0.255 e. The third-order valence-corrected chi connectivity index (χ3v) is 5.41. The Hall–Kier alpha value is -3.25. The summed E-state index contributed by atoms with van der Waals surface area (Å²) < 4.78 is 5.97. The molecule has 1 N–H and O–H groups in total. The average molecular weight is 375 g/mol. The highest BCUT2D eigenvalue weighted by Gasteiger charge is 2.13. The quantitative estimate of drug-likeness (QED) is 0.522. The van der Waals surface area contributed by atoms with Gasteiger partial charge in [-0.2, -0.15) is 0 Å². The first-order chi connectivity index (χ1) is 13.1. The molecule has 134 valence electrons. The average Bonchev–Trinajstić information content (AvgIpc) is 2.99. The molecule has 0 radical (unpaired) electrons. The highest BCUT2D eigenvalue weighted by atomic mass is 32.1. The summed E-state index contributed by atoms with van der Waals surface area (Å²) in [5.41, 5.74) is 2.45. The number of aromatic nitrogens is 2. The molecule has 0 bridgehead atoms. The van der Waals surface area contributed by atoms with Crippen molar-refractivity contribution in [1.29, 1.82) is 0 Å². The minimum Gasteiger partial charge on any atom is -0.438 e. The predicted octanol–water partition coefficient (Wildman–Crippen LogP) is 5.35. The fourth-order valence-corrected chi connectivity index (χ4v) is 3.73. The number of nitrogens with one attached hydrogen (secondary N) is 1. The summed E-state index contributed by atoms with van der Waals surface area (Å²) in [7, 11) is 0. The van der Waals surface area contributed by atoms with E-state index in [1.807, 2.05) is 37.3 Å². The maximum atomic E-state index is 12.2. The van der Waals surface area contributed by atoms with Gasteiger partial charge in [-0.3, -0.25) is 4.79 Å². The molecule has 2 aromatic heterocycles. The second-order valence-corrected chi connectivity index (χ2v) is 7.29. The number of aryl methyl sites for hydroxylation is 2. The lowest BCUT2D eigenvalue weighted by atomic mass is 10.2. The summed E-state index contributed by atoms with van der Waals surface area (Å²) in [6.45, 7) is 4.11. The molecule has 27 heavy (non-hydrogen) atoms. The van der Waals surface area contributed by atoms with Gasteiger partial charge in [-0.05, 0) is 55.8 Å². The Bertz CT molecular complexity index is 1110. The Labute approximate surface area is 160 Å². The van der Waals surface area contributed by atoms with Crippen LogP contribution in [0.1, 0.15) is 20.8 Å². The van der Waals surface area contributed by atoms with Gasteiger partial charge in [0.1, 0.15) is 16.9 Å². The van der Waals surface area contributed by atoms with Crippen molar-refractivity contribution in [3.63, 3.8) is 0 Å². The van der Waals surface area contributed by atoms with Crippen molar-refractivity contribution in [3.05, 3.63) is 76.9 Å². The molecule has 1 amide bonds. The molecular formula is C21H17N3O2S. The van der Waals surface area contributed by atoms with Gasteiger partial charge in [-0.25, -0.2) is 9.97 Å². The van der Waals surface area contributed by atoms with Crippen molar-refractivity contribution < 1.29 is 9.53 Å². The van der Waals surface area contributed by atoms with Crippen molar-refractivity contribution in [3.8, 4) is 11.6 Å². The molecule has 4 rings (SSSR count). The number of nitrogens with zero attached hydrogens (tertiary/aromatic N) is 2. The first-order valence-electron chi connectivity index (χ1n) is 8.47. The third-order valence-electron chi connectivity index (χ3n) is 4.29. The predicted molar refractivity (Wildman–Crippen MR) is 108 cm³/mol. The molecule has 0 spiro atoms. The van der Waals surface area contributed by atoms with Crippen molar-refractivity contribution in [1.82, 2.24) is 9.97 Å². The molecule has 2 heterocycles. The van der Waals surface area contributed by atoms with E-state index in [1.165, 1.54) is 11.2 Å². The lowest BCUT2D eigenvalue weighted by molar-refractivity contribution is 0.102. The van der Waals surface area contributed by atoms with Crippen LogP contribution in [-0.4, -0.2) is 15.9 Å². The monoisotopic (exact) mass is 375 g/mol. The molecule has 5 nitrogen and oxygen atoms in total. The Morgan fingerprint density at radius 1 is 1.00 bits per heavy atom. The van der Waals surface area contributed by atoms with Crippen molar-refractivity contribution >= 4 is 33.1 Å². The number of carbonyl (C=O) groups is 1. The maximum absolute atomic E-state index is 12.2. The highest BCUT2D eigenvalue weighted by Crippen LogP contribution is 2.35. The molecule has 4 aromatic rings. The lowest BCUT2D eigenvalue weighted by Crippen LogP contribution is -2.11. The summed E-state index contributed by atoms with van der Waals surface area (Å²) in [6.07, 6.45) is 1.52. The Balaban J connectivity index is 1.53. The zero-order chi connectivity index (χ0) is 18.8. The Kier molecular flexibility index (Phi) is 4.56. The van der Waals surface area contributed by atoms with Gasteiger partial charge in [0.15, 0.2) is 0 Å². The van der Waals surface area contributed by atoms with E-state index >= 15 is 0 Å². The van der Waals surface area contributed by atoms with E-state index in [4.69, 9.17) is 4.74 Å². The minimum absolute atomic E-state index is 0.147. The van der Waals surface area contributed by atoms with Crippen LogP contribution in [0.25, 0.3) is 10.2 Å². The lowest BCUT2D eigenvalue weighted by Gasteiger charge is -2.08. The van der Waals surface area contributed by atoms with Gasteiger partial charge in [-0.15, -0.1) is 11.3 Å². The molecule has 0 atom stereocenters. The van der Waals surface area contributed by atoms with Crippen LogP contribution in [-0.2, 0) is 0 Å². The van der Waals surface area contributed by atoms with Crippen LogP contribution in [0.5, 0.6) is 11.6 Å². The number of benzene rings is 2. The molecule has 6 heteroatoms. The summed E-state index contributed by atoms with van der Waals surface area (Å²) in [5, 5.41) is 3.82. The van der Waals surface area contributed by atoms with Crippen LogP contribution in [0, 0.1) is 13.8 Å². The number of fused-ring (bicyclic) bond motifs is 1. The summed E-state index contributed by atoms with van der Waals surface area (Å²) in [5.74, 6) is 1.05. The first kappa shape index (κ1) is 17.2. The van der Waals surface area contributed by atoms with Crippen LogP contribution in [0.2, 0.25) is 0 Å². The van der Waals surface area contributed by atoms with E-state index in [0.29, 0.717) is 22.9 Å². The molecule has 0 aliphatic rings. The van der Waals surface area contributed by atoms with Gasteiger partial charge in [0, 0.05) is 16.1 Å². The number of rotatable bonds is 4. The summed E-state index contributed by atoms with van der Waals surface area (Å²) >= 11 is 1.63. The third kappa shape index (κ3) is 3.52. The second-order valence-electron chi connectivity index (χ2n) is 6.09. The van der Waals surface area contributed by atoms with Crippen LogP contribution in [0.3, 0.4) is 0 Å². The topological polar surface area (TPSA) is 64.1 Å². The number of thiophene rings is 1. The van der Waals surface area contributed by atoms with E-state index in [-0.39, 0.29) is 5.91 Å². The normalized spacial score (nSPS) is 10.7. The summed E-state index contributed by atoms with van der Waals surface area (Å²) in [6, 6.07) is 16.3. The van der Waals surface area contributed by atoms with Gasteiger partial charge in [0.2, 0.25) is 5.88 Å². The standard InChI is InChI=1S/C21H17N3O2S/c1-13-14(2)27-21-18(13)20(22-12-23-21)26-17-10-8-16(9-11-17)24-19(25)15-6-4-3-5-7-15/h3-12H,1-2H3,(H,24,25). The maximum Gasteiger partial charge on any atom is 0.255 e. The number of hydrogen-bond donors (Lipinski definition) is 1. The van der Waals surface area contributed by atoms with Crippen molar-refractivity contribution in [2.45, 2.75) is 13.8 Å².